The maximum Gasteiger partial charge on any atom is 0.246 e. The minimum atomic E-state index is -3.73. The quantitative estimate of drug-likeness (QED) is 0.806. The second-order valence-electron chi connectivity index (χ2n) is 7.06. The Morgan fingerprint density at radius 2 is 1.96 bits per heavy atom. The van der Waals surface area contributed by atoms with Crippen LogP contribution in [0.25, 0.3) is 0 Å². The normalized spacial score (nSPS) is 17.9. The molecule has 0 spiro atoms. The molecule has 2 aromatic rings. The van der Waals surface area contributed by atoms with Crippen molar-refractivity contribution in [1.82, 2.24) is 9.62 Å². The number of sulfonamides is 1. The van der Waals surface area contributed by atoms with E-state index >= 15 is 0 Å². The molecule has 1 atom stereocenters. The second-order valence-corrected chi connectivity index (χ2v) is 8.97. The van der Waals surface area contributed by atoms with Crippen LogP contribution in [0.1, 0.15) is 24.0 Å². The molecular formula is C21H26N2O4S. The summed E-state index contributed by atoms with van der Waals surface area (Å²) in [4.78, 5) is 12.8. The van der Waals surface area contributed by atoms with Gasteiger partial charge in [-0.3, -0.25) is 4.79 Å². The molecule has 2 aromatic carbocycles. The largest absolute Gasteiger partial charge is 0.495 e. The van der Waals surface area contributed by atoms with E-state index in [0.717, 1.165) is 11.1 Å². The van der Waals surface area contributed by atoms with Gasteiger partial charge in [-0.05, 0) is 43.0 Å². The number of hydrogen-bond acceptors (Lipinski definition) is 4. The van der Waals surface area contributed by atoms with E-state index in [1.54, 1.807) is 12.1 Å². The molecule has 1 heterocycles. The van der Waals surface area contributed by atoms with E-state index in [1.807, 2.05) is 43.3 Å². The molecule has 3 rings (SSSR count). The molecule has 1 amide bonds. The Balaban J connectivity index is 1.72. The van der Waals surface area contributed by atoms with E-state index in [4.69, 9.17) is 4.74 Å². The molecule has 1 N–H and O–H groups in total. The molecule has 1 aliphatic heterocycles. The van der Waals surface area contributed by atoms with Crippen molar-refractivity contribution in [2.24, 2.45) is 5.92 Å². The fourth-order valence-corrected chi connectivity index (χ4v) is 5.19. The van der Waals surface area contributed by atoms with Crippen LogP contribution in [0, 0.1) is 12.8 Å². The second kappa shape index (κ2) is 8.75. The standard InChI is InChI=1S/C21H26N2O4S/c1-16-10-11-19(27-2)20(13-16)28(25,26)23-12-6-9-18(15-23)21(24)22-14-17-7-4-3-5-8-17/h3-5,7-8,10-11,13,18H,6,9,12,14-15H2,1-2H3,(H,22,24)/t18-/m1/s1. The molecule has 1 fully saturated rings. The summed E-state index contributed by atoms with van der Waals surface area (Å²) in [6.07, 6.45) is 1.33. The summed E-state index contributed by atoms with van der Waals surface area (Å²) in [5.41, 5.74) is 1.86. The molecule has 0 bridgehead atoms. The summed E-state index contributed by atoms with van der Waals surface area (Å²) in [5.74, 6) is -0.149. The zero-order chi connectivity index (χ0) is 20.1. The number of methoxy groups -OCH3 is 1. The first kappa shape index (κ1) is 20.4. The van der Waals surface area contributed by atoms with Gasteiger partial charge in [-0.1, -0.05) is 36.4 Å². The number of piperidine rings is 1. The number of carbonyl (C=O) groups excluding carboxylic acids is 1. The van der Waals surface area contributed by atoms with Crippen molar-refractivity contribution < 1.29 is 17.9 Å². The van der Waals surface area contributed by atoms with Gasteiger partial charge in [-0.15, -0.1) is 0 Å². The van der Waals surface area contributed by atoms with E-state index in [0.29, 0.717) is 31.7 Å². The van der Waals surface area contributed by atoms with E-state index in [-0.39, 0.29) is 23.3 Å². The van der Waals surface area contributed by atoms with E-state index in [9.17, 15) is 13.2 Å². The lowest BCUT2D eigenvalue weighted by Crippen LogP contribution is -2.45. The summed E-state index contributed by atoms with van der Waals surface area (Å²) < 4.78 is 33.0. The van der Waals surface area contributed by atoms with Crippen LogP contribution in [0.5, 0.6) is 5.75 Å². The van der Waals surface area contributed by atoms with Gasteiger partial charge in [0, 0.05) is 19.6 Å². The Bertz CT molecular complexity index is 929. The van der Waals surface area contributed by atoms with Crippen molar-refractivity contribution in [1.29, 1.82) is 0 Å². The number of amides is 1. The summed E-state index contributed by atoms with van der Waals surface area (Å²) in [7, 11) is -2.27. The first-order valence-electron chi connectivity index (χ1n) is 9.38. The number of benzene rings is 2. The summed E-state index contributed by atoms with van der Waals surface area (Å²) >= 11 is 0. The number of nitrogens with zero attached hydrogens (tertiary/aromatic N) is 1. The molecule has 1 saturated heterocycles. The van der Waals surface area contributed by atoms with Gasteiger partial charge in [0.15, 0.2) is 0 Å². The van der Waals surface area contributed by atoms with Crippen LogP contribution in [-0.4, -0.2) is 38.8 Å². The Morgan fingerprint density at radius 3 is 2.68 bits per heavy atom. The Hall–Kier alpha value is -2.38. The smallest absolute Gasteiger partial charge is 0.246 e. The Kier molecular flexibility index (Phi) is 6.36. The van der Waals surface area contributed by atoms with Gasteiger partial charge in [0.2, 0.25) is 15.9 Å². The number of rotatable bonds is 6. The first-order chi connectivity index (χ1) is 13.4. The molecule has 150 valence electrons. The van der Waals surface area contributed by atoms with Gasteiger partial charge >= 0.3 is 0 Å². The van der Waals surface area contributed by atoms with E-state index in [2.05, 4.69) is 5.32 Å². The van der Waals surface area contributed by atoms with Gasteiger partial charge < -0.3 is 10.1 Å². The molecule has 28 heavy (non-hydrogen) atoms. The van der Waals surface area contributed by atoms with Crippen LogP contribution in [0.2, 0.25) is 0 Å². The van der Waals surface area contributed by atoms with Crippen molar-refractivity contribution in [2.75, 3.05) is 20.2 Å². The average molecular weight is 403 g/mol. The van der Waals surface area contributed by atoms with Gasteiger partial charge in [0.25, 0.3) is 0 Å². The van der Waals surface area contributed by atoms with Crippen LogP contribution >= 0.6 is 0 Å². The zero-order valence-electron chi connectivity index (χ0n) is 16.2. The number of carbonyl (C=O) groups is 1. The van der Waals surface area contributed by atoms with Crippen molar-refractivity contribution in [3.05, 3.63) is 59.7 Å². The highest BCUT2D eigenvalue weighted by Crippen LogP contribution is 2.30. The van der Waals surface area contributed by atoms with Crippen molar-refractivity contribution >= 4 is 15.9 Å². The summed E-state index contributed by atoms with van der Waals surface area (Å²) in [6, 6.07) is 14.8. The van der Waals surface area contributed by atoms with E-state index < -0.39 is 10.0 Å². The highest BCUT2D eigenvalue weighted by molar-refractivity contribution is 7.89. The van der Waals surface area contributed by atoms with Gasteiger partial charge in [0.05, 0.1) is 13.0 Å². The third-order valence-corrected chi connectivity index (χ3v) is 6.89. The van der Waals surface area contributed by atoms with Crippen LogP contribution in [0.3, 0.4) is 0 Å². The molecule has 0 radical (unpaired) electrons. The fraction of sp³-hybridized carbons (Fsp3) is 0.381. The predicted octanol–water partition coefficient (Wildman–Crippen LogP) is 2.72. The number of nitrogens with one attached hydrogen (secondary N) is 1. The van der Waals surface area contributed by atoms with Crippen LogP contribution in [0.15, 0.2) is 53.4 Å². The Labute approximate surface area is 166 Å². The highest BCUT2D eigenvalue weighted by atomic mass is 32.2. The monoisotopic (exact) mass is 402 g/mol. The maximum absolute atomic E-state index is 13.2. The lowest BCUT2D eigenvalue weighted by molar-refractivity contribution is -0.126. The molecular weight excluding hydrogens is 376 g/mol. The third-order valence-electron chi connectivity index (χ3n) is 5.00. The van der Waals surface area contributed by atoms with Crippen LogP contribution in [-0.2, 0) is 21.4 Å². The third kappa shape index (κ3) is 4.54. The predicted molar refractivity (Wildman–Crippen MR) is 108 cm³/mol. The van der Waals surface area contributed by atoms with Gasteiger partial charge in [-0.2, -0.15) is 4.31 Å². The maximum atomic E-state index is 13.2. The molecule has 0 aromatic heterocycles. The summed E-state index contributed by atoms with van der Waals surface area (Å²) in [5, 5.41) is 2.93. The van der Waals surface area contributed by atoms with Crippen LogP contribution in [0.4, 0.5) is 0 Å². The average Bonchev–Trinajstić information content (AvgIpc) is 2.72. The molecule has 1 aliphatic rings. The minimum absolute atomic E-state index is 0.111. The lowest BCUT2D eigenvalue weighted by atomic mass is 9.99. The molecule has 0 saturated carbocycles. The first-order valence-corrected chi connectivity index (χ1v) is 10.8. The van der Waals surface area contributed by atoms with Crippen LogP contribution < -0.4 is 10.1 Å². The van der Waals surface area contributed by atoms with E-state index in [1.165, 1.54) is 11.4 Å². The number of aryl methyl sites for hydroxylation is 1. The van der Waals surface area contributed by atoms with Crippen molar-refractivity contribution in [3.63, 3.8) is 0 Å². The SMILES string of the molecule is COc1ccc(C)cc1S(=O)(=O)N1CCC[C@@H](C(=O)NCc2ccccc2)C1. The van der Waals surface area contributed by atoms with Gasteiger partial charge in [-0.25, -0.2) is 8.42 Å². The fourth-order valence-electron chi connectivity index (χ4n) is 3.43. The molecule has 6 nitrogen and oxygen atoms in total. The summed E-state index contributed by atoms with van der Waals surface area (Å²) in [6.45, 7) is 2.87. The number of ether oxygens (including phenoxy) is 1. The molecule has 0 unspecified atom stereocenters. The Morgan fingerprint density at radius 1 is 1.21 bits per heavy atom. The zero-order valence-corrected chi connectivity index (χ0v) is 17.0. The molecule has 7 heteroatoms. The highest BCUT2D eigenvalue weighted by Gasteiger charge is 2.34. The number of hydrogen-bond donors (Lipinski definition) is 1. The van der Waals surface area contributed by atoms with Gasteiger partial charge in [0.1, 0.15) is 10.6 Å². The minimum Gasteiger partial charge on any atom is -0.495 e. The lowest BCUT2D eigenvalue weighted by Gasteiger charge is -2.31. The van der Waals surface area contributed by atoms with Crippen molar-refractivity contribution in [2.45, 2.75) is 31.2 Å². The topological polar surface area (TPSA) is 75.7 Å². The van der Waals surface area contributed by atoms with Crippen molar-refractivity contribution in [3.8, 4) is 5.75 Å². The molecule has 0 aliphatic carbocycles.